The minimum atomic E-state index is -0.262. The smallest absolute Gasteiger partial charge is 0.255 e. The van der Waals surface area contributed by atoms with E-state index in [4.69, 9.17) is 14.2 Å². The molecule has 7 heteroatoms. The summed E-state index contributed by atoms with van der Waals surface area (Å²) in [6, 6.07) is 12.2. The molecule has 0 saturated carbocycles. The Morgan fingerprint density at radius 1 is 0.828 bits per heavy atom. The second-order valence-corrected chi connectivity index (χ2v) is 6.03. The maximum Gasteiger partial charge on any atom is 0.255 e. The summed E-state index contributed by atoms with van der Waals surface area (Å²) in [5.74, 6) is 0.440. The van der Waals surface area contributed by atoms with Crippen LogP contribution in [0, 0.1) is 0 Å². The van der Waals surface area contributed by atoms with Crippen LogP contribution in [0.5, 0.6) is 11.5 Å². The van der Waals surface area contributed by atoms with Crippen molar-refractivity contribution in [2.45, 2.75) is 27.2 Å². The third-order valence-electron chi connectivity index (χ3n) is 3.92. The third-order valence-corrected chi connectivity index (χ3v) is 3.92. The minimum absolute atomic E-state index is 0.192. The SMILES string of the molecule is CCOCCC(=O)Nc1cc(OCC)c(NC(=O)c2ccccc2)cc1OCC. The van der Waals surface area contributed by atoms with Gasteiger partial charge in [0.25, 0.3) is 5.91 Å². The van der Waals surface area contributed by atoms with Gasteiger partial charge in [-0.15, -0.1) is 0 Å². The highest BCUT2D eigenvalue weighted by Crippen LogP contribution is 2.37. The van der Waals surface area contributed by atoms with Gasteiger partial charge in [0.15, 0.2) is 0 Å². The number of anilines is 2. The zero-order valence-corrected chi connectivity index (χ0v) is 17.1. The summed E-state index contributed by atoms with van der Waals surface area (Å²) in [5, 5.41) is 5.68. The molecule has 0 aliphatic rings. The van der Waals surface area contributed by atoms with E-state index in [0.29, 0.717) is 54.9 Å². The van der Waals surface area contributed by atoms with E-state index in [2.05, 4.69) is 10.6 Å². The zero-order chi connectivity index (χ0) is 21.1. The van der Waals surface area contributed by atoms with Crippen molar-refractivity contribution in [2.75, 3.05) is 37.1 Å². The molecule has 2 aromatic carbocycles. The van der Waals surface area contributed by atoms with E-state index in [9.17, 15) is 9.59 Å². The number of ether oxygens (including phenoxy) is 3. The molecular formula is C22H28N2O5. The predicted molar refractivity (Wildman–Crippen MR) is 113 cm³/mol. The summed E-state index contributed by atoms with van der Waals surface area (Å²) in [6.45, 7) is 7.28. The Hall–Kier alpha value is -3.06. The monoisotopic (exact) mass is 400 g/mol. The van der Waals surface area contributed by atoms with Crippen molar-refractivity contribution in [3.05, 3.63) is 48.0 Å². The minimum Gasteiger partial charge on any atom is -0.492 e. The maximum atomic E-state index is 12.6. The molecule has 0 aliphatic carbocycles. The van der Waals surface area contributed by atoms with Crippen LogP contribution in [-0.4, -0.2) is 38.2 Å². The van der Waals surface area contributed by atoms with Crippen molar-refractivity contribution >= 4 is 23.2 Å². The highest BCUT2D eigenvalue weighted by atomic mass is 16.5. The molecule has 2 rings (SSSR count). The molecule has 0 aliphatic heterocycles. The summed E-state index contributed by atoms with van der Waals surface area (Å²) in [7, 11) is 0. The van der Waals surface area contributed by atoms with Crippen LogP contribution in [0.1, 0.15) is 37.6 Å². The molecule has 0 fully saturated rings. The van der Waals surface area contributed by atoms with Crippen LogP contribution in [0.3, 0.4) is 0 Å². The van der Waals surface area contributed by atoms with Gasteiger partial charge in [-0.05, 0) is 32.9 Å². The molecule has 0 saturated heterocycles. The Kier molecular flexibility index (Phi) is 8.98. The van der Waals surface area contributed by atoms with Gasteiger partial charge in [0.1, 0.15) is 11.5 Å². The second kappa shape index (κ2) is 11.7. The number of amides is 2. The largest absolute Gasteiger partial charge is 0.492 e. The number of hydrogen-bond acceptors (Lipinski definition) is 5. The van der Waals surface area contributed by atoms with Crippen molar-refractivity contribution in [3.63, 3.8) is 0 Å². The van der Waals surface area contributed by atoms with Crippen LogP contribution in [0.15, 0.2) is 42.5 Å². The van der Waals surface area contributed by atoms with Crippen LogP contribution >= 0.6 is 0 Å². The number of rotatable bonds is 11. The average Bonchev–Trinajstić information content (AvgIpc) is 2.72. The van der Waals surface area contributed by atoms with Crippen molar-refractivity contribution in [1.29, 1.82) is 0 Å². The number of carbonyl (C=O) groups excluding carboxylic acids is 2. The third kappa shape index (κ3) is 6.80. The Labute approximate surface area is 171 Å². The summed E-state index contributed by atoms with van der Waals surface area (Å²) in [6.07, 6.45) is 0.232. The van der Waals surface area contributed by atoms with Gasteiger partial charge < -0.3 is 24.8 Å². The molecular weight excluding hydrogens is 372 g/mol. The van der Waals surface area contributed by atoms with Crippen LogP contribution < -0.4 is 20.1 Å². The lowest BCUT2D eigenvalue weighted by atomic mass is 10.2. The molecule has 2 aromatic rings. The topological polar surface area (TPSA) is 85.9 Å². The lowest BCUT2D eigenvalue weighted by Gasteiger charge is -2.18. The highest BCUT2D eigenvalue weighted by Gasteiger charge is 2.17. The second-order valence-electron chi connectivity index (χ2n) is 6.03. The van der Waals surface area contributed by atoms with Crippen LogP contribution in [0.2, 0.25) is 0 Å². The van der Waals surface area contributed by atoms with E-state index in [1.165, 1.54) is 0 Å². The van der Waals surface area contributed by atoms with Gasteiger partial charge in [-0.3, -0.25) is 9.59 Å². The maximum absolute atomic E-state index is 12.6. The van der Waals surface area contributed by atoms with E-state index >= 15 is 0 Å². The van der Waals surface area contributed by atoms with Gasteiger partial charge >= 0.3 is 0 Å². The average molecular weight is 400 g/mol. The molecule has 2 amide bonds. The van der Waals surface area contributed by atoms with E-state index < -0.39 is 0 Å². The molecule has 29 heavy (non-hydrogen) atoms. The molecule has 0 unspecified atom stereocenters. The molecule has 0 spiro atoms. The molecule has 0 atom stereocenters. The first-order valence-corrected chi connectivity index (χ1v) is 9.76. The van der Waals surface area contributed by atoms with E-state index in [-0.39, 0.29) is 18.2 Å². The fourth-order valence-corrected chi connectivity index (χ4v) is 2.61. The highest BCUT2D eigenvalue weighted by molar-refractivity contribution is 6.05. The summed E-state index contributed by atoms with van der Waals surface area (Å²) < 4.78 is 16.6. The molecule has 0 aromatic heterocycles. The quantitative estimate of drug-likeness (QED) is 0.555. The first kappa shape index (κ1) is 22.2. The lowest BCUT2D eigenvalue weighted by Crippen LogP contribution is -2.16. The first-order chi connectivity index (χ1) is 14.1. The van der Waals surface area contributed by atoms with Gasteiger partial charge in [-0.25, -0.2) is 0 Å². The van der Waals surface area contributed by atoms with Crippen molar-refractivity contribution < 1.29 is 23.8 Å². The summed E-state index contributed by atoms with van der Waals surface area (Å²) in [4.78, 5) is 24.8. The zero-order valence-electron chi connectivity index (χ0n) is 17.1. The Morgan fingerprint density at radius 2 is 1.41 bits per heavy atom. The Balaban J connectivity index is 2.27. The normalized spacial score (nSPS) is 10.3. The number of benzene rings is 2. The summed E-state index contributed by atoms with van der Waals surface area (Å²) in [5.41, 5.74) is 1.48. The first-order valence-electron chi connectivity index (χ1n) is 9.76. The molecule has 156 valence electrons. The van der Waals surface area contributed by atoms with Gasteiger partial charge in [-0.1, -0.05) is 18.2 Å². The van der Waals surface area contributed by atoms with Gasteiger partial charge in [0.05, 0.1) is 37.6 Å². The summed E-state index contributed by atoms with van der Waals surface area (Å²) >= 11 is 0. The van der Waals surface area contributed by atoms with Gasteiger partial charge in [0, 0.05) is 24.3 Å². The van der Waals surface area contributed by atoms with Crippen molar-refractivity contribution in [2.24, 2.45) is 0 Å². The Bertz CT molecular complexity index is 808. The van der Waals surface area contributed by atoms with Crippen molar-refractivity contribution in [1.82, 2.24) is 0 Å². The predicted octanol–water partition coefficient (Wildman–Crippen LogP) is 4.10. The fraction of sp³-hybridized carbons (Fsp3) is 0.364. The molecule has 0 bridgehead atoms. The van der Waals surface area contributed by atoms with Gasteiger partial charge in [-0.2, -0.15) is 0 Å². The van der Waals surface area contributed by atoms with E-state index in [0.717, 1.165) is 0 Å². The molecule has 0 heterocycles. The van der Waals surface area contributed by atoms with Crippen LogP contribution in [-0.2, 0) is 9.53 Å². The van der Waals surface area contributed by atoms with Crippen molar-refractivity contribution in [3.8, 4) is 11.5 Å². The number of nitrogens with one attached hydrogen (secondary N) is 2. The standard InChI is InChI=1S/C22H28N2O5/c1-4-27-13-12-21(25)23-17-14-20(29-6-3)18(15-19(17)28-5-2)24-22(26)16-10-8-7-9-11-16/h7-11,14-15H,4-6,12-13H2,1-3H3,(H,23,25)(H,24,26). The van der Waals surface area contributed by atoms with E-state index in [1.807, 2.05) is 26.8 Å². The van der Waals surface area contributed by atoms with Crippen LogP contribution in [0.25, 0.3) is 0 Å². The van der Waals surface area contributed by atoms with Gasteiger partial charge in [0.2, 0.25) is 5.91 Å². The lowest BCUT2D eigenvalue weighted by molar-refractivity contribution is -0.117. The number of hydrogen-bond donors (Lipinski definition) is 2. The molecule has 0 radical (unpaired) electrons. The number of carbonyl (C=O) groups is 2. The van der Waals surface area contributed by atoms with E-state index in [1.54, 1.807) is 36.4 Å². The fourth-order valence-electron chi connectivity index (χ4n) is 2.61. The molecule has 2 N–H and O–H groups in total. The Morgan fingerprint density at radius 3 is 1.97 bits per heavy atom. The molecule has 7 nitrogen and oxygen atoms in total. The van der Waals surface area contributed by atoms with Crippen LogP contribution in [0.4, 0.5) is 11.4 Å².